The Balaban J connectivity index is 2.27. The molecule has 58 heavy (non-hydrogen) atoms. The molecule has 0 radical (unpaired) electrons. The Morgan fingerprint density at radius 3 is 1.97 bits per heavy atom. The number of alkyl halides is 3. The van der Waals surface area contributed by atoms with Gasteiger partial charge in [-0.3, -0.25) is 28.9 Å². The van der Waals surface area contributed by atoms with Crippen LogP contribution in [-0.2, 0) is 43.5 Å². The molecule has 1 saturated heterocycles. The second-order valence-electron chi connectivity index (χ2n) is 15.9. The molecule has 0 unspecified atom stereocenters. The number of anilines is 1. The maximum atomic E-state index is 14.2. The van der Waals surface area contributed by atoms with Crippen molar-refractivity contribution in [3.05, 3.63) is 24.3 Å². The van der Waals surface area contributed by atoms with E-state index in [9.17, 15) is 45.6 Å². The van der Waals surface area contributed by atoms with Gasteiger partial charge in [-0.25, -0.2) is 13.1 Å². The largest absolute Gasteiger partial charge is 0.471 e. The molecular formula is C39H63F3N6O9S. The number of likely N-dealkylation sites (tertiary alicyclic amines) is 1. The lowest BCUT2D eigenvalue weighted by Gasteiger charge is -2.41. The molecule has 15 nitrogen and oxygen atoms in total. The Labute approximate surface area is 341 Å². The summed E-state index contributed by atoms with van der Waals surface area (Å²) in [7, 11) is 3.58. The monoisotopic (exact) mass is 848 g/mol. The molecule has 1 aliphatic heterocycles. The lowest BCUT2D eigenvalue weighted by Crippen LogP contribution is -2.59. The van der Waals surface area contributed by atoms with Gasteiger partial charge < -0.3 is 29.9 Å². The second-order valence-corrected chi connectivity index (χ2v) is 17.6. The van der Waals surface area contributed by atoms with Gasteiger partial charge in [0.05, 0.1) is 47.6 Å². The van der Waals surface area contributed by atoms with Crippen molar-refractivity contribution in [2.45, 2.75) is 122 Å². The summed E-state index contributed by atoms with van der Waals surface area (Å²) in [4.78, 5) is 70.9. The number of amides is 5. The number of rotatable bonds is 20. The normalized spacial score (nSPS) is 18.6. The van der Waals surface area contributed by atoms with Crippen LogP contribution >= 0.6 is 0 Å². The van der Waals surface area contributed by atoms with Crippen LogP contribution in [0, 0.1) is 23.7 Å². The number of hydrogen-bond acceptors (Lipinski definition) is 10. The number of sulfonamides is 1. The minimum atomic E-state index is -5.15. The van der Waals surface area contributed by atoms with E-state index >= 15 is 0 Å². The summed E-state index contributed by atoms with van der Waals surface area (Å²) in [6.45, 7) is 13.3. The van der Waals surface area contributed by atoms with Crippen LogP contribution in [0.1, 0.15) is 74.1 Å². The predicted molar refractivity (Wildman–Crippen MR) is 212 cm³/mol. The summed E-state index contributed by atoms with van der Waals surface area (Å²) in [5.41, 5.74) is -0.306. The predicted octanol–water partition coefficient (Wildman–Crippen LogP) is 3.64. The molecule has 0 saturated carbocycles. The highest BCUT2D eigenvalue weighted by Gasteiger charge is 2.44. The molecule has 8 atom stereocenters. The molecule has 1 heterocycles. The maximum absolute atomic E-state index is 14.2. The van der Waals surface area contributed by atoms with Gasteiger partial charge in [0.15, 0.2) is 0 Å². The first-order valence-electron chi connectivity index (χ1n) is 19.5. The Kier molecular flexibility index (Phi) is 18.6. The van der Waals surface area contributed by atoms with Gasteiger partial charge in [0.2, 0.25) is 23.6 Å². The Morgan fingerprint density at radius 2 is 1.50 bits per heavy atom. The molecule has 330 valence electrons. The van der Waals surface area contributed by atoms with E-state index in [1.165, 1.54) is 21.1 Å². The zero-order chi connectivity index (χ0) is 44.4. The Morgan fingerprint density at radius 1 is 0.914 bits per heavy atom. The molecule has 3 N–H and O–H groups in total. The first-order valence-corrected chi connectivity index (χ1v) is 21.0. The summed E-state index contributed by atoms with van der Waals surface area (Å²) in [6.07, 6.45) is -5.30. The summed E-state index contributed by atoms with van der Waals surface area (Å²) in [5.74, 6) is -5.55. The third-order valence-corrected chi connectivity index (χ3v) is 12.2. The van der Waals surface area contributed by atoms with Gasteiger partial charge in [-0.05, 0) is 69.0 Å². The minimum absolute atomic E-state index is 0.00894. The average Bonchev–Trinajstić information content (AvgIpc) is 3.62. The van der Waals surface area contributed by atoms with Crippen molar-refractivity contribution in [1.29, 1.82) is 0 Å². The van der Waals surface area contributed by atoms with Crippen LogP contribution in [0.15, 0.2) is 29.2 Å². The van der Waals surface area contributed by atoms with Crippen LogP contribution in [-0.4, -0.2) is 137 Å². The van der Waals surface area contributed by atoms with Crippen LogP contribution in [0.5, 0.6) is 0 Å². The van der Waals surface area contributed by atoms with Crippen molar-refractivity contribution >= 4 is 45.2 Å². The smallest absolute Gasteiger partial charge is 0.379 e. The molecular weight excluding hydrogens is 786 g/mol. The van der Waals surface area contributed by atoms with E-state index in [1.807, 2.05) is 65.3 Å². The number of hydrogen-bond donors (Lipinski definition) is 3. The van der Waals surface area contributed by atoms with Crippen LogP contribution < -0.4 is 15.4 Å². The lowest BCUT2D eigenvalue weighted by atomic mass is 9.89. The standard InChI is InChI=1S/C39H63F3N6O9S/c1-13-24(6)33(47(10)37(52)31(22(2)3)44-36(51)32(23(4)5)46(8)9)29(56-11)21-30(49)48-20-14-15-28(48)34(57-12)25(7)35(50)45-58(54,55)27-18-16-26(17-19-27)43-38(53)39(40,41)42/h16-19,22-25,28-29,31-34H,13-15,20-21H2,1-12H3,(H,43,53)(H,44,51)(H,45,50)/t24-,25+,28-,29+,31-,32-,33-,34+/m0/s1. The first-order chi connectivity index (χ1) is 26.8. The SMILES string of the molecule is CC[C@H](C)[C@@H]([C@@H](CC(=O)N1CCC[C@H]1[C@H](OC)[C@@H](C)C(=O)NS(=O)(=O)c1ccc(NC(=O)C(F)(F)F)cc1)OC)N(C)C(=O)[C@@H](NC(=O)[C@H](C(C)C)N(C)C)C(C)C. The highest BCUT2D eigenvalue weighted by atomic mass is 32.2. The Bertz CT molecular complexity index is 1670. The van der Waals surface area contributed by atoms with E-state index in [2.05, 4.69) is 5.32 Å². The number of carbonyl (C=O) groups is 5. The molecule has 0 bridgehead atoms. The van der Waals surface area contributed by atoms with E-state index in [4.69, 9.17) is 9.47 Å². The van der Waals surface area contributed by atoms with Crippen molar-refractivity contribution in [2.24, 2.45) is 23.7 Å². The Hall–Kier alpha value is -3.81. The van der Waals surface area contributed by atoms with Crippen molar-refractivity contribution in [3.63, 3.8) is 0 Å². The highest BCUT2D eigenvalue weighted by Crippen LogP contribution is 2.30. The molecule has 0 aromatic heterocycles. The first kappa shape index (κ1) is 50.3. The molecule has 1 fully saturated rings. The quantitative estimate of drug-likeness (QED) is 0.175. The third kappa shape index (κ3) is 12.8. The topological polar surface area (TPSA) is 184 Å². The molecule has 1 aromatic carbocycles. The van der Waals surface area contributed by atoms with Gasteiger partial charge in [0.25, 0.3) is 10.0 Å². The fraction of sp³-hybridized carbons (Fsp3) is 0.718. The summed E-state index contributed by atoms with van der Waals surface area (Å²) >= 11 is 0. The van der Waals surface area contributed by atoms with E-state index in [-0.39, 0.29) is 47.6 Å². The highest BCUT2D eigenvalue weighted by molar-refractivity contribution is 7.90. The molecule has 0 spiro atoms. The van der Waals surface area contributed by atoms with Gasteiger partial charge in [-0.2, -0.15) is 13.2 Å². The van der Waals surface area contributed by atoms with Gasteiger partial charge >= 0.3 is 12.1 Å². The van der Waals surface area contributed by atoms with Gasteiger partial charge in [0, 0.05) is 33.5 Å². The number of nitrogens with one attached hydrogen (secondary N) is 3. The molecule has 1 aromatic rings. The maximum Gasteiger partial charge on any atom is 0.471 e. The number of benzene rings is 1. The van der Waals surface area contributed by atoms with Crippen LogP contribution in [0.2, 0.25) is 0 Å². The number of carbonyl (C=O) groups excluding carboxylic acids is 5. The second kappa shape index (κ2) is 21.4. The number of ether oxygens (including phenoxy) is 2. The van der Waals surface area contributed by atoms with Crippen molar-refractivity contribution in [3.8, 4) is 0 Å². The minimum Gasteiger partial charge on any atom is -0.379 e. The molecule has 5 amide bonds. The fourth-order valence-electron chi connectivity index (χ4n) is 7.61. The van der Waals surface area contributed by atoms with Crippen molar-refractivity contribution in [1.82, 2.24) is 24.7 Å². The molecule has 1 aliphatic rings. The van der Waals surface area contributed by atoms with Crippen molar-refractivity contribution < 1.29 is 55.0 Å². The van der Waals surface area contributed by atoms with E-state index < -0.39 is 75.2 Å². The lowest BCUT2D eigenvalue weighted by molar-refractivity contribution is -0.167. The summed E-state index contributed by atoms with van der Waals surface area (Å²) in [6, 6.07) is 1.29. The zero-order valence-corrected chi connectivity index (χ0v) is 36.5. The molecule has 19 heteroatoms. The number of likely N-dealkylation sites (N-methyl/N-ethyl adjacent to an activating group) is 2. The summed E-state index contributed by atoms with van der Waals surface area (Å²) in [5, 5.41) is 4.59. The van der Waals surface area contributed by atoms with Crippen molar-refractivity contribution in [2.75, 3.05) is 47.2 Å². The van der Waals surface area contributed by atoms with E-state index in [0.29, 0.717) is 25.8 Å². The van der Waals surface area contributed by atoms with Gasteiger partial charge in [-0.15, -0.1) is 0 Å². The van der Waals surface area contributed by atoms with Crippen LogP contribution in [0.4, 0.5) is 18.9 Å². The number of methoxy groups -OCH3 is 2. The zero-order valence-electron chi connectivity index (χ0n) is 35.7. The van der Waals surface area contributed by atoms with Crippen LogP contribution in [0.25, 0.3) is 0 Å². The summed E-state index contributed by atoms with van der Waals surface area (Å²) < 4.78 is 77.7. The fourth-order valence-corrected chi connectivity index (χ4v) is 8.68. The van der Waals surface area contributed by atoms with Gasteiger partial charge in [-0.1, -0.05) is 54.9 Å². The third-order valence-electron chi connectivity index (χ3n) is 10.9. The molecule has 2 rings (SSSR count). The van der Waals surface area contributed by atoms with Gasteiger partial charge in [0.1, 0.15) is 6.04 Å². The number of halogens is 3. The van der Waals surface area contributed by atoms with E-state index in [0.717, 1.165) is 24.3 Å². The average molecular weight is 849 g/mol. The van der Waals surface area contributed by atoms with Crippen LogP contribution in [0.3, 0.4) is 0 Å². The number of nitrogens with zero attached hydrogens (tertiary/aromatic N) is 3. The van der Waals surface area contributed by atoms with E-state index in [1.54, 1.807) is 22.2 Å². The molecule has 0 aliphatic carbocycles.